The van der Waals surface area contributed by atoms with E-state index in [-0.39, 0.29) is 5.91 Å². The summed E-state index contributed by atoms with van der Waals surface area (Å²) in [5, 5.41) is 4.17. The molecule has 0 bridgehead atoms. The molecule has 0 aliphatic carbocycles. The molecule has 92 valence electrons. The third-order valence-electron chi connectivity index (χ3n) is 2.58. The van der Waals surface area contributed by atoms with Crippen LogP contribution in [0.2, 0.25) is 0 Å². The van der Waals surface area contributed by atoms with Gasteiger partial charge in [0.2, 0.25) is 0 Å². The quantitative estimate of drug-likeness (QED) is 0.627. The molecule has 0 saturated carbocycles. The van der Waals surface area contributed by atoms with Crippen LogP contribution in [0.3, 0.4) is 0 Å². The van der Waals surface area contributed by atoms with E-state index in [2.05, 4.69) is 15.5 Å². The van der Waals surface area contributed by atoms with Gasteiger partial charge in [-0.1, -0.05) is 37.3 Å². The third kappa shape index (κ3) is 2.85. The number of carbonyl (C=O) groups is 1. The number of H-pyrrole nitrogens is 1. The van der Waals surface area contributed by atoms with E-state index in [0.29, 0.717) is 5.69 Å². The van der Waals surface area contributed by atoms with Crippen LogP contribution in [0.25, 0.3) is 0 Å². The number of carbonyl (C=O) groups excluding carboxylic acids is 1. The summed E-state index contributed by atoms with van der Waals surface area (Å²) in [5.74, 6) is -0.234. The van der Waals surface area contributed by atoms with Crippen molar-refractivity contribution >= 4 is 11.6 Å². The summed E-state index contributed by atoms with van der Waals surface area (Å²) in [6.45, 7) is 2.01. The predicted octanol–water partition coefficient (Wildman–Crippen LogP) is 2.56. The van der Waals surface area contributed by atoms with Crippen molar-refractivity contribution in [1.82, 2.24) is 10.4 Å². The normalized spacial score (nSPS) is 11.3. The highest BCUT2D eigenvalue weighted by Gasteiger charge is 2.05. The van der Waals surface area contributed by atoms with Crippen LogP contribution in [-0.2, 0) is 0 Å². The number of rotatable bonds is 4. The van der Waals surface area contributed by atoms with Gasteiger partial charge >= 0.3 is 0 Å². The number of amides is 1. The maximum atomic E-state index is 11.7. The Balaban J connectivity index is 2.10. The molecule has 1 aromatic carbocycles. The second kappa shape index (κ2) is 5.82. The fourth-order valence-electron chi connectivity index (χ4n) is 1.63. The smallest absolute Gasteiger partial charge is 0.287 e. The van der Waals surface area contributed by atoms with Crippen molar-refractivity contribution < 1.29 is 4.79 Å². The van der Waals surface area contributed by atoms with Crippen LogP contribution in [-0.4, -0.2) is 16.6 Å². The summed E-state index contributed by atoms with van der Waals surface area (Å²) in [6, 6.07) is 13.3. The molecule has 4 nitrogen and oxygen atoms in total. The van der Waals surface area contributed by atoms with Crippen molar-refractivity contribution in [2.45, 2.75) is 13.3 Å². The minimum atomic E-state index is -0.234. The Kier molecular flexibility index (Phi) is 3.91. The zero-order valence-corrected chi connectivity index (χ0v) is 10.2. The zero-order valence-electron chi connectivity index (χ0n) is 10.2. The topological polar surface area (TPSA) is 57.2 Å². The summed E-state index contributed by atoms with van der Waals surface area (Å²) in [6.07, 6.45) is 2.46. The summed E-state index contributed by atoms with van der Waals surface area (Å²) in [7, 11) is 0. The number of hydrazone groups is 1. The summed E-state index contributed by atoms with van der Waals surface area (Å²) in [5.41, 5.74) is 4.93. The molecule has 2 N–H and O–H groups in total. The molecule has 2 aromatic rings. The molecule has 0 atom stereocenters. The monoisotopic (exact) mass is 241 g/mol. The van der Waals surface area contributed by atoms with Crippen LogP contribution in [0.5, 0.6) is 0 Å². The minimum absolute atomic E-state index is 0.234. The van der Waals surface area contributed by atoms with Gasteiger partial charge in [0, 0.05) is 6.20 Å². The van der Waals surface area contributed by atoms with Gasteiger partial charge < -0.3 is 4.98 Å². The molecule has 0 aliphatic rings. The molecule has 0 spiro atoms. The molecule has 1 amide bonds. The van der Waals surface area contributed by atoms with E-state index in [4.69, 9.17) is 0 Å². The Morgan fingerprint density at radius 3 is 2.61 bits per heavy atom. The van der Waals surface area contributed by atoms with Gasteiger partial charge in [-0.15, -0.1) is 0 Å². The number of nitrogens with one attached hydrogen (secondary N) is 2. The highest BCUT2D eigenvalue weighted by Crippen LogP contribution is 2.04. The highest BCUT2D eigenvalue weighted by atomic mass is 16.2. The third-order valence-corrected chi connectivity index (χ3v) is 2.58. The number of nitrogens with zero attached hydrogens (tertiary/aromatic N) is 1. The molecule has 0 aliphatic heterocycles. The first-order chi connectivity index (χ1) is 8.81. The molecule has 4 heteroatoms. The molecule has 18 heavy (non-hydrogen) atoms. The second-order valence-corrected chi connectivity index (χ2v) is 3.80. The molecule has 0 radical (unpaired) electrons. The van der Waals surface area contributed by atoms with E-state index in [9.17, 15) is 4.79 Å². The summed E-state index contributed by atoms with van der Waals surface area (Å²) in [4.78, 5) is 14.5. The minimum Gasteiger partial charge on any atom is -0.357 e. The zero-order chi connectivity index (χ0) is 12.8. The lowest BCUT2D eigenvalue weighted by molar-refractivity contribution is 0.0950. The number of hydrogen-bond acceptors (Lipinski definition) is 2. The van der Waals surface area contributed by atoms with E-state index < -0.39 is 0 Å². The fraction of sp³-hybridized carbons (Fsp3) is 0.143. The Labute approximate surface area is 106 Å². The van der Waals surface area contributed by atoms with Crippen molar-refractivity contribution in [3.8, 4) is 0 Å². The molecule has 1 aromatic heterocycles. The van der Waals surface area contributed by atoms with Gasteiger partial charge in [0.25, 0.3) is 5.91 Å². The standard InChI is InChI=1S/C14H15N3O/c1-2-12(11-7-4-3-5-8-11)16-17-14(18)13-9-6-10-15-13/h3-10,15H,2H2,1H3,(H,17,18)/b16-12-. The molecule has 1 heterocycles. The van der Waals surface area contributed by atoms with E-state index in [0.717, 1.165) is 17.7 Å². The summed E-state index contributed by atoms with van der Waals surface area (Å²) < 4.78 is 0. The summed E-state index contributed by atoms with van der Waals surface area (Å²) >= 11 is 0. The number of aromatic nitrogens is 1. The lowest BCUT2D eigenvalue weighted by Crippen LogP contribution is -2.20. The lowest BCUT2D eigenvalue weighted by Gasteiger charge is -2.04. The lowest BCUT2D eigenvalue weighted by atomic mass is 10.1. The SMILES string of the molecule is CC/C(=N/NC(=O)c1ccc[nH]1)c1ccccc1. The maximum absolute atomic E-state index is 11.7. The largest absolute Gasteiger partial charge is 0.357 e. The Morgan fingerprint density at radius 1 is 1.22 bits per heavy atom. The van der Waals surface area contributed by atoms with Gasteiger partial charge in [0.05, 0.1) is 5.71 Å². The molecular weight excluding hydrogens is 226 g/mol. The van der Waals surface area contributed by atoms with E-state index >= 15 is 0 Å². The predicted molar refractivity (Wildman–Crippen MR) is 71.5 cm³/mol. The number of hydrogen-bond donors (Lipinski definition) is 2. The Hall–Kier alpha value is -2.36. The molecule has 2 rings (SSSR count). The van der Waals surface area contributed by atoms with Crippen LogP contribution in [0.15, 0.2) is 53.8 Å². The first-order valence-electron chi connectivity index (χ1n) is 5.87. The van der Waals surface area contributed by atoms with Crippen molar-refractivity contribution in [1.29, 1.82) is 0 Å². The van der Waals surface area contributed by atoms with Crippen LogP contribution in [0.1, 0.15) is 29.4 Å². The van der Waals surface area contributed by atoms with Crippen LogP contribution in [0, 0.1) is 0 Å². The van der Waals surface area contributed by atoms with Crippen molar-refractivity contribution in [3.63, 3.8) is 0 Å². The van der Waals surface area contributed by atoms with Gasteiger partial charge in [-0.2, -0.15) is 5.10 Å². The Morgan fingerprint density at radius 2 is 2.00 bits per heavy atom. The van der Waals surface area contributed by atoms with Gasteiger partial charge in [-0.3, -0.25) is 4.79 Å². The van der Waals surface area contributed by atoms with Crippen LogP contribution < -0.4 is 5.43 Å². The van der Waals surface area contributed by atoms with E-state index in [1.54, 1.807) is 18.3 Å². The molecule has 0 fully saturated rings. The van der Waals surface area contributed by atoms with Crippen LogP contribution >= 0.6 is 0 Å². The fourth-order valence-corrected chi connectivity index (χ4v) is 1.63. The Bertz CT molecular complexity index is 529. The molecule has 0 saturated heterocycles. The average Bonchev–Trinajstić information content (AvgIpc) is 2.94. The van der Waals surface area contributed by atoms with E-state index in [1.807, 2.05) is 37.3 Å². The molecular formula is C14H15N3O. The highest BCUT2D eigenvalue weighted by molar-refractivity contribution is 6.01. The average molecular weight is 241 g/mol. The van der Waals surface area contributed by atoms with Gasteiger partial charge in [0.1, 0.15) is 5.69 Å². The van der Waals surface area contributed by atoms with Gasteiger partial charge in [0.15, 0.2) is 0 Å². The number of aromatic amines is 1. The van der Waals surface area contributed by atoms with Crippen molar-refractivity contribution in [3.05, 3.63) is 59.9 Å². The van der Waals surface area contributed by atoms with Crippen molar-refractivity contribution in [2.24, 2.45) is 5.10 Å². The van der Waals surface area contributed by atoms with Crippen LogP contribution in [0.4, 0.5) is 0 Å². The van der Waals surface area contributed by atoms with Gasteiger partial charge in [-0.25, -0.2) is 5.43 Å². The first kappa shape index (κ1) is 12.1. The second-order valence-electron chi connectivity index (χ2n) is 3.80. The van der Waals surface area contributed by atoms with Gasteiger partial charge in [-0.05, 0) is 24.1 Å². The van der Waals surface area contributed by atoms with E-state index in [1.165, 1.54) is 0 Å². The molecule has 0 unspecified atom stereocenters. The first-order valence-corrected chi connectivity index (χ1v) is 5.87. The van der Waals surface area contributed by atoms with Crippen molar-refractivity contribution in [2.75, 3.05) is 0 Å². The maximum Gasteiger partial charge on any atom is 0.287 e. The number of benzene rings is 1.